The molecule has 124 valence electrons. The highest BCUT2D eigenvalue weighted by molar-refractivity contribution is 5.57. The van der Waals surface area contributed by atoms with E-state index in [9.17, 15) is 30.3 Å². The number of hydrogen-bond acceptors (Lipinski definition) is 7. The van der Waals surface area contributed by atoms with Crippen molar-refractivity contribution in [1.82, 2.24) is 0 Å². The van der Waals surface area contributed by atoms with Crippen molar-refractivity contribution >= 4 is 17.1 Å². The van der Waals surface area contributed by atoms with Crippen molar-refractivity contribution in [1.29, 1.82) is 0 Å². The van der Waals surface area contributed by atoms with Gasteiger partial charge in [0.2, 0.25) is 11.5 Å². The number of aryl methyl sites for hydroxylation is 1. The van der Waals surface area contributed by atoms with Crippen LogP contribution in [0.5, 0.6) is 11.5 Å². The Balaban J connectivity index is 2.50. The molecule has 2 aromatic carbocycles. The second-order valence-corrected chi connectivity index (χ2v) is 4.68. The maximum Gasteiger partial charge on any atom is 0.318 e. The number of nitro groups is 3. The van der Waals surface area contributed by atoms with Gasteiger partial charge >= 0.3 is 11.4 Å². The SMILES string of the molecule is CCc1ccc(Oc2ccc([N+](=O)[O-])cc2[N+](=O)[O-])c([N+](=O)[O-])c1. The van der Waals surface area contributed by atoms with Crippen LogP contribution in [0, 0.1) is 30.3 Å². The van der Waals surface area contributed by atoms with Crippen LogP contribution >= 0.6 is 0 Å². The maximum atomic E-state index is 11.1. The summed E-state index contributed by atoms with van der Waals surface area (Å²) >= 11 is 0. The number of non-ortho nitro benzene ring substituents is 1. The molecule has 0 N–H and O–H groups in total. The van der Waals surface area contributed by atoms with Crippen LogP contribution in [0.4, 0.5) is 17.1 Å². The summed E-state index contributed by atoms with van der Waals surface area (Å²) in [6, 6.07) is 7.04. The molecule has 0 radical (unpaired) electrons. The third-order valence-corrected chi connectivity index (χ3v) is 3.20. The van der Waals surface area contributed by atoms with E-state index in [-0.39, 0.29) is 17.2 Å². The predicted octanol–water partition coefficient (Wildman–Crippen LogP) is 3.77. The fourth-order valence-electron chi connectivity index (χ4n) is 1.98. The summed E-state index contributed by atoms with van der Waals surface area (Å²) in [4.78, 5) is 30.6. The van der Waals surface area contributed by atoms with E-state index in [4.69, 9.17) is 4.74 Å². The van der Waals surface area contributed by atoms with Crippen LogP contribution in [-0.2, 0) is 6.42 Å². The second kappa shape index (κ2) is 6.69. The lowest BCUT2D eigenvalue weighted by atomic mass is 10.1. The number of ether oxygens (including phenoxy) is 1. The first-order chi connectivity index (χ1) is 11.3. The van der Waals surface area contributed by atoms with Gasteiger partial charge in [0, 0.05) is 12.1 Å². The molecule has 10 nitrogen and oxygen atoms in total. The van der Waals surface area contributed by atoms with Crippen LogP contribution in [0.3, 0.4) is 0 Å². The molecule has 0 fully saturated rings. The number of nitro benzene ring substituents is 3. The normalized spacial score (nSPS) is 10.2. The van der Waals surface area contributed by atoms with Crippen molar-refractivity contribution in [2.24, 2.45) is 0 Å². The Bertz CT molecular complexity index is 835. The zero-order valence-corrected chi connectivity index (χ0v) is 12.4. The van der Waals surface area contributed by atoms with E-state index in [0.717, 1.165) is 18.2 Å². The summed E-state index contributed by atoms with van der Waals surface area (Å²) in [5, 5.41) is 32.9. The van der Waals surface area contributed by atoms with Crippen LogP contribution in [-0.4, -0.2) is 14.8 Å². The first kappa shape index (κ1) is 16.8. The van der Waals surface area contributed by atoms with Crippen LogP contribution in [0.25, 0.3) is 0 Å². The number of nitrogens with zero attached hydrogens (tertiary/aromatic N) is 3. The fraction of sp³-hybridized carbons (Fsp3) is 0.143. The van der Waals surface area contributed by atoms with Gasteiger partial charge in [-0.1, -0.05) is 13.0 Å². The molecule has 0 spiro atoms. The molecule has 0 bridgehead atoms. The lowest BCUT2D eigenvalue weighted by Gasteiger charge is -2.08. The van der Waals surface area contributed by atoms with Crippen molar-refractivity contribution in [3.05, 3.63) is 72.3 Å². The summed E-state index contributed by atoms with van der Waals surface area (Å²) < 4.78 is 5.29. The molecule has 0 aliphatic heterocycles. The Morgan fingerprint density at radius 3 is 1.88 bits per heavy atom. The molecule has 0 atom stereocenters. The molecule has 0 unspecified atom stereocenters. The third kappa shape index (κ3) is 3.43. The van der Waals surface area contributed by atoms with Gasteiger partial charge in [0.25, 0.3) is 5.69 Å². The van der Waals surface area contributed by atoms with Gasteiger partial charge in [0.15, 0.2) is 0 Å². The van der Waals surface area contributed by atoms with E-state index in [1.54, 1.807) is 6.07 Å². The van der Waals surface area contributed by atoms with Crippen molar-refractivity contribution in [3.63, 3.8) is 0 Å². The topological polar surface area (TPSA) is 139 Å². The first-order valence-corrected chi connectivity index (χ1v) is 6.71. The predicted molar refractivity (Wildman–Crippen MR) is 82.3 cm³/mol. The summed E-state index contributed by atoms with van der Waals surface area (Å²) in [6.45, 7) is 1.82. The zero-order valence-electron chi connectivity index (χ0n) is 12.4. The van der Waals surface area contributed by atoms with E-state index in [2.05, 4.69) is 0 Å². The third-order valence-electron chi connectivity index (χ3n) is 3.20. The Hall–Kier alpha value is -3.56. The molecule has 2 rings (SSSR count). The molecule has 0 aromatic heterocycles. The van der Waals surface area contributed by atoms with Gasteiger partial charge in [-0.15, -0.1) is 0 Å². The summed E-state index contributed by atoms with van der Waals surface area (Å²) in [6.07, 6.45) is 0.568. The standard InChI is InChI=1S/C14H11N3O7/c1-2-9-3-5-13(11(7-9)16(20)21)24-14-6-4-10(15(18)19)8-12(14)17(22)23/h3-8H,2H2,1H3. The first-order valence-electron chi connectivity index (χ1n) is 6.71. The number of hydrogen-bond donors (Lipinski definition) is 0. The van der Waals surface area contributed by atoms with E-state index in [1.165, 1.54) is 12.1 Å². The van der Waals surface area contributed by atoms with E-state index >= 15 is 0 Å². The molecule has 0 heterocycles. The van der Waals surface area contributed by atoms with Gasteiger partial charge in [-0.25, -0.2) is 0 Å². The highest BCUT2D eigenvalue weighted by atomic mass is 16.6. The Kier molecular flexibility index (Phi) is 4.68. The lowest BCUT2D eigenvalue weighted by Crippen LogP contribution is -1.98. The molecule has 24 heavy (non-hydrogen) atoms. The summed E-state index contributed by atoms with van der Waals surface area (Å²) in [5.74, 6) is -0.507. The molecule has 0 aliphatic carbocycles. The van der Waals surface area contributed by atoms with Gasteiger partial charge in [-0.05, 0) is 24.1 Å². The van der Waals surface area contributed by atoms with Crippen LogP contribution < -0.4 is 4.74 Å². The zero-order chi connectivity index (χ0) is 17.9. The van der Waals surface area contributed by atoms with Crippen molar-refractivity contribution in [2.75, 3.05) is 0 Å². The van der Waals surface area contributed by atoms with Gasteiger partial charge in [0.1, 0.15) is 0 Å². The van der Waals surface area contributed by atoms with E-state index in [0.29, 0.717) is 12.0 Å². The van der Waals surface area contributed by atoms with Crippen molar-refractivity contribution in [2.45, 2.75) is 13.3 Å². The second-order valence-electron chi connectivity index (χ2n) is 4.68. The average Bonchev–Trinajstić information content (AvgIpc) is 2.54. The van der Waals surface area contributed by atoms with Gasteiger partial charge in [-0.2, -0.15) is 0 Å². The van der Waals surface area contributed by atoms with Gasteiger partial charge < -0.3 is 4.74 Å². The maximum absolute atomic E-state index is 11.1. The lowest BCUT2D eigenvalue weighted by molar-refractivity contribution is -0.394. The van der Waals surface area contributed by atoms with Crippen LogP contribution in [0.2, 0.25) is 0 Å². The Morgan fingerprint density at radius 1 is 0.833 bits per heavy atom. The molecule has 0 saturated heterocycles. The molecule has 0 saturated carbocycles. The highest BCUT2D eigenvalue weighted by Crippen LogP contribution is 2.38. The Morgan fingerprint density at radius 2 is 1.38 bits per heavy atom. The average molecular weight is 333 g/mol. The molecular weight excluding hydrogens is 322 g/mol. The molecule has 2 aromatic rings. The van der Waals surface area contributed by atoms with Crippen LogP contribution in [0.1, 0.15) is 12.5 Å². The van der Waals surface area contributed by atoms with Crippen LogP contribution in [0.15, 0.2) is 36.4 Å². The minimum absolute atomic E-state index is 0.186. The Labute approximate surface area is 134 Å². The summed E-state index contributed by atoms with van der Waals surface area (Å²) in [5.41, 5.74) is -0.780. The summed E-state index contributed by atoms with van der Waals surface area (Å²) in [7, 11) is 0. The van der Waals surface area contributed by atoms with Crippen molar-refractivity contribution < 1.29 is 19.5 Å². The minimum atomic E-state index is -0.853. The number of benzene rings is 2. The minimum Gasteiger partial charge on any atom is -0.443 e. The largest absolute Gasteiger partial charge is 0.443 e. The monoisotopic (exact) mass is 333 g/mol. The fourth-order valence-corrected chi connectivity index (χ4v) is 1.98. The van der Waals surface area contributed by atoms with E-state index in [1.807, 2.05) is 6.92 Å². The molecular formula is C14H11N3O7. The highest BCUT2D eigenvalue weighted by Gasteiger charge is 2.24. The molecule has 10 heteroatoms. The molecule has 0 aliphatic rings. The van der Waals surface area contributed by atoms with E-state index < -0.39 is 26.1 Å². The van der Waals surface area contributed by atoms with Gasteiger partial charge in [-0.3, -0.25) is 30.3 Å². The van der Waals surface area contributed by atoms with Crippen molar-refractivity contribution in [3.8, 4) is 11.5 Å². The number of rotatable bonds is 6. The molecule has 0 amide bonds. The quantitative estimate of drug-likeness (QED) is 0.579. The van der Waals surface area contributed by atoms with Gasteiger partial charge in [0.05, 0.1) is 20.8 Å². The smallest absolute Gasteiger partial charge is 0.318 e.